The van der Waals surface area contributed by atoms with Crippen molar-refractivity contribution in [2.45, 2.75) is 64.8 Å². The van der Waals surface area contributed by atoms with E-state index in [9.17, 15) is 18.7 Å². The molecule has 7 heteroatoms. The van der Waals surface area contributed by atoms with E-state index in [4.69, 9.17) is 0 Å². The van der Waals surface area contributed by atoms with Gasteiger partial charge < -0.3 is 5.11 Å². The van der Waals surface area contributed by atoms with Crippen molar-refractivity contribution in [3.8, 4) is 11.1 Å². The Labute approximate surface area is 187 Å². The fourth-order valence-corrected chi connectivity index (χ4v) is 3.57. The number of hydrogen-bond acceptors (Lipinski definition) is 3. The smallest absolute Gasteiger partial charge is 0.336 e. The van der Waals surface area contributed by atoms with Crippen LogP contribution in [-0.4, -0.2) is 25.8 Å². The van der Waals surface area contributed by atoms with Gasteiger partial charge >= 0.3 is 11.9 Å². The number of nitrogens with zero attached hydrogens (tertiary/aromatic N) is 3. The van der Waals surface area contributed by atoms with Crippen molar-refractivity contribution >= 4 is 5.97 Å². The molecule has 0 radical (unpaired) electrons. The molecule has 32 heavy (non-hydrogen) atoms. The third kappa shape index (κ3) is 5.21. The summed E-state index contributed by atoms with van der Waals surface area (Å²) < 4.78 is 30.8. The molecule has 0 aliphatic carbocycles. The molecule has 1 heterocycles. The van der Waals surface area contributed by atoms with Crippen molar-refractivity contribution in [3.05, 3.63) is 71.3 Å². The summed E-state index contributed by atoms with van der Waals surface area (Å²) in [4.78, 5) is 15.7. The van der Waals surface area contributed by atoms with Crippen LogP contribution in [0.1, 0.15) is 79.9 Å². The number of halogens is 2. The molecule has 1 atom stereocenters. The number of rotatable bonds is 10. The first-order valence-electron chi connectivity index (χ1n) is 11.0. The highest BCUT2D eigenvalue weighted by molar-refractivity contribution is 5.95. The zero-order valence-electron chi connectivity index (χ0n) is 18.7. The Morgan fingerprint density at radius 2 is 1.81 bits per heavy atom. The van der Waals surface area contributed by atoms with Crippen LogP contribution in [0.4, 0.5) is 8.78 Å². The maximum atomic E-state index is 14.6. The first kappa shape index (κ1) is 23.6. The second-order valence-corrected chi connectivity index (χ2v) is 8.12. The molecule has 0 fully saturated rings. The summed E-state index contributed by atoms with van der Waals surface area (Å²) in [6, 6.07) is 14.2. The lowest BCUT2D eigenvalue weighted by Crippen LogP contribution is -2.16. The SMILES string of the molecule is CCCCC(F)(F)c1nc(C(C)CC)n(Cc2ccc(-c3ccccc3C(=O)O)cc2)n1. The van der Waals surface area contributed by atoms with Gasteiger partial charge in [0.2, 0.25) is 5.82 Å². The highest BCUT2D eigenvalue weighted by Crippen LogP contribution is 2.33. The molecule has 1 N–H and O–H groups in total. The van der Waals surface area contributed by atoms with Gasteiger partial charge in [0.25, 0.3) is 0 Å². The molecule has 1 aromatic heterocycles. The molecular formula is C25H29F2N3O2. The van der Waals surface area contributed by atoms with Crippen LogP contribution in [0.3, 0.4) is 0 Å². The average molecular weight is 442 g/mol. The van der Waals surface area contributed by atoms with Gasteiger partial charge in [-0.25, -0.2) is 14.5 Å². The number of carboxylic acids is 1. The molecule has 0 bridgehead atoms. The van der Waals surface area contributed by atoms with Crippen LogP contribution in [0.25, 0.3) is 11.1 Å². The molecule has 0 aliphatic rings. The first-order valence-corrected chi connectivity index (χ1v) is 11.0. The van der Waals surface area contributed by atoms with Crippen molar-refractivity contribution in [2.24, 2.45) is 0 Å². The van der Waals surface area contributed by atoms with Crippen LogP contribution in [0.2, 0.25) is 0 Å². The number of aromatic carboxylic acids is 1. The lowest BCUT2D eigenvalue weighted by molar-refractivity contribution is -0.0245. The Kier molecular flexibility index (Phi) is 7.38. The van der Waals surface area contributed by atoms with Crippen molar-refractivity contribution in [1.29, 1.82) is 0 Å². The normalized spacial score (nSPS) is 12.7. The Morgan fingerprint density at radius 1 is 1.12 bits per heavy atom. The summed E-state index contributed by atoms with van der Waals surface area (Å²) in [5.74, 6) is -3.89. The standard InChI is InChI=1S/C25H29F2N3O2/c1-4-6-15-25(26,27)24-28-22(17(3)5-2)30(29-24)16-18-11-13-19(14-12-18)20-9-7-8-10-21(20)23(31)32/h7-14,17H,4-6,15-16H2,1-3H3,(H,31,32). The van der Waals surface area contributed by atoms with E-state index >= 15 is 0 Å². The predicted octanol–water partition coefficient (Wildman–Crippen LogP) is 6.49. The van der Waals surface area contributed by atoms with Crippen LogP contribution in [0.15, 0.2) is 48.5 Å². The lowest BCUT2D eigenvalue weighted by Gasteiger charge is -2.11. The van der Waals surface area contributed by atoms with Gasteiger partial charge in [0, 0.05) is 12.3 Å². The summed E-state index contributed by atoms with van der Waals surface area (Å²) in [6.07, 6.45) is 1.61. The minimum Gasteiger partial charge on any atom is -0.478 e. The Hall–Kier alpha value is -3.09. The van der Waals surface area contributed by atoms with E-state index in [0.29, 0.717) is 30.8 Å². The minimum atomic E-state index is -3.05. The van der Waals surface area contributed by atoms with Crippen molar-refractivity contribution < 1.29 is 18.7 Å². The topological polar surface area (TPSA) is 68.0 Å². The summed E-state index contributed by atoms with van der Waals surface area (Å²) in [5, 5.41) is 13.6. The van der Waals surface area contributed by atoms with Crippen LogP contribution >= 0.6 is 0 Å². The Morgan fingerprint density at radius 3 is 2.44 bits per heavy atom. The third-order valence-electron chi connectivity index (χ3n) is 5.68. The number of hydrogen-bond donors (Lipinski definition) is 1. The van der Waals surface area contributed by atoms with Gasteiger partial charge in [-0.1, -0.05) is 69.7 Å². The monoisotopic (exact) mass is 441 g/mol. The quantitative estimate of drug-likeness (QED) is 0.391. The molecule has 2 aromatic carbocycles. The largest absolute Gasteiger partial charge is 0.478 e. The van der Waals surface area contributed by atoms with E-state index in [0.717, 1.165) is 17.5 Å². The molecular weight excluding hydrogens is 412 g/mol. The zero-order chi connectivity index (χ0) is 23.3. The summed E-state index contributed by atoms with van der Waals surface area (Å²) in [6.45, 7) is 6.15. The molecule has 3 rings (SSSR count). The first-order chi connectivity index (χ1) is 15.3. The van der Waals surface area contributed by atoms with E-state index < -0.39 is 17.7 Å². The fourth-order valence-electron chi connectivity index (χ4n) is 3.57. The predicted molar refractivity (Wildman–Crippen MR) is 120 cm³/mol. The number of carboxylic acid groups (broad SMARTS) is 1. The van der Waals surface area contributed by atoms with Crippen molar-refractivity contribution in [3.63, 3.8) is 0 Å². The second-order valence-electron chi connectivity index (χ2n) is 8.12. The van der Waals surface area contributed by atoms with Crippen LogP contribution in [0, 0.1) is 0 Å². The highest BCUT2D eigenvalue weighted by atomic mass is 19.3. The molecule has 1 unspecified atom stereocenters. The highest BCUT2D eigenvalue weighted by Gasteiger charge is 2.37. The molecule has 0 amide bonds. The number of aromatic nitrogens is 3. The fraction of sp³-hybridized carbons (Fsp3) is 0.400. The molecule has 5 nitrogen and oxygen atoms in total. The number of unbranched alkanes of at least 4 members (excludes halogenated alkanes) is 1. The van der Waals surface area contributed by atoms with Crippen LogP contribution < -0.4 is 0 Å². The van der Waals surface area contributed by atoms with Gasteiger partial charge in [0.15, 0.2) is 0 Å². The van der Waals surface area contributed by atoms with Gasteiger partial charge in [0.05, 0.1) is 12.1 Å². The Balaban J connectivity index is 1.89. The Bertz CT molecular complexity index is 1060. The van der Waals surface area contributed by atoms with E-state index in [1.807, 2.05) is 45.0 Å². The third-order valence-corrected chi connectivity index (χ3v) is 5.68. The molecule has 0 saturated carbocycles. The maximum absolute atomic E-state index is 14.6. The summed E-state index contributed by atoms with van der Waals surface area (Å²) in [5.41, 5.74) is 2.51. The van der Waals surface area contributed by atoms with Crippen LogP contribution in [0.5, 0.6) is 0 Å². The average Bonchev–Trinajstić information content (AvgIpc) is 3.22. The van der Waals surface area contributed by atoms with E-state index in [1.54, 1.807) is 28.9 Å². The molecule has 0 spiro atoms. The van der Waals surface area contributed by atoms with Crippen molar-refractivity contribution in [2.75, 3.05) is 0 Å². The van der Waals surface area contributed by atoms with Gasteiger partial charge in [-0.2, -0.15) is 8.78 Å². The van der Waals surface area contributed by atoms with Gasteiger partial charge in [0.1, 0.15) is 5.82 Å². The molecule has 170 valence electrons. The van der Waals surface area contributed by atoms with E-state index in [-0.39, 0.29) is 17.9 Å². The lowest BCUT2D eigenvalue weighted by atomic mass is 9.99. The zero-order valence-corrected chi connectivity index (χ0v) is 18.7. The van der Waals surface area contributed by atoms with Crippen molar-refractivity contribution in [1.82, 2.24) is 14.8 Å². The molecule has 0 saturated heterocycles. The van der Waals surface area contributed by atoms with E-state index in [1.165, 1.54) is 0 Å². The number of carbonyl (C=O) groups is 1. The van der Waals surface area contributed by atoms with Crippen LogP contribution in [-0.2, 0) is 12.5 Å². The van der Waals surface area contributed by atoms with E-state index in [2.05, 4.69) is 10.1 Å². The molecule has 0 aliphatic heterocycles. The second kappa shape index (κ2) is 10.0. The molecule has 3 aromatic rings. The number of benzene rings is 2. The summed E-state index contributed by atoms with van der Waals surface area (Å²) in [7, 11) is 0. The summed E-state index contributed by atoms with van der Waals surface area (Å²) >= 11 is 0. The number of alkyl halides is 2. The van der Waals surface area contributed by atoms with Gasteiger partial charge in [-0.05, 0) is 35.6 Å². The minimum absolute atomic E-state index is 0.0000538. The van der Waals surface area contributed by atoms with Gasteiger partial charge in [-0.3, -0.25) is 0 Å². The van der Waals surface area contributed by atoms with Gasteiger partial charge in [-0.15, -0.1) is 5.10 Å². The maximum Gasteiger partial charge on any atom is 0.336 e.